The van der Waals surface area contributed by atoms with Gasteiger partial charge in [-0.05, 0) is 19.1 Å². The predicted octanol–water partition coefficient (Wildman–Crippen LogP) is 2.03. The summed E-state index contributed by atoms with van der Waals surface area (Å²) in [5, 5.41) is 14.5. The maximum atomic E-state index is 11.7. The van der Waals surface area contributed by atoms with Gasteiger partial charge >= 0.3 is 0 Å². The van der Waals surface area contributed by atoms with Crippen LogP contribution in [0.4, 0.5) is 0 Å². The van der Waals surface area contributed by atoms with Gasteiger partial charge in [0.1, 0.15) is 11.5 Å². The van der Waals surface area contributed by atoms with Gasteiger partial charge in [0, 0.05) is 6.07 Å². The molecule has 0 atom stereocenters. The molecule has 0 spiro atoms. The lowest BCUT2D eigenvalue weighted by Crippen LogP contribution is -2.24. The Morgan fingerprint density at radius 2 is 2.32 bits per heavy atom. The minimum atomic E-state index is -0.154. The van der Waals surface area contributed by atoms with Gasteiger partial charge in [-0.15, -0.1) is 10.2 Å². The van der Waals surface area contributed by atoms with E-state index in [1.807, 2.05) is 0 Å². The molecule has 3 heterocycles. The fourth-order valence-corrected chi connectivity index (χ4v) is 2.21. The highest BCUT2D eigenvalue weighted by atomic mass is 32.2. The number of aryl methyl sites for hydroxylation is 1. The van der Waals surface area contributed by atoms with Crippen molar-refractivity contribution >= 4 is 17.7 Å². The molecular weight excluding hydrogens is 308 g/mol. The normalized spacial score (nSPS) is 10.8. The van der Waals surface area contributed by atoms with Crippen LogP contribution in [0.25, 0.3) is 11.6 Å². The molecule has 0 aliphatic rings. The Labute approximate surface area is 129 Å². The first-order chi connectivity index (χ1) is 10.7. The summed E-state index contributed by atoms with van der Waals surface area (Å²) in [5.74, 6) is 1.62. The van der Waals surface area contributed by atoms with Crippen molar-refractivity contribution in [3.05, 3.63) is 36.0 Å². The molecule has 0 saturated carbocycles. The zero-order valence-electron chi connectivity index (χ0n) is 11.6. The van der Waals surface area contributed by atoms with Crippen molar-refractivity contribution in [1.82, 2.24) is 20.7 Å². The average Bonchev–Trinajstić information content (AvgIpc) is 3.24. The third kappa shape index (κ3) is 3.55. The van der Waals surface area contributed by atoms with Crippen LogP contribution in [0.15, 0.2) is 43.0 Å². The second-order valence-corrected chi connectivity index (χ2v) is 5.27. The van der Waals surface area contributed by atoms with Crippen molar-refractivity contribution in [2.75, 3.05) is 5.75 Å². The topological polar surface area (TPSA) is 107 Å². The van der Waals surface area contributed by atoms with Gasteiger partial charge in [-0.1, -0.05) is 16.9 Å². The fourth-order valence-electron chi connectivity index (χ4n) is 1.62. The Kier molecular flexibility index (Phi) is 4.24. The molecular formula is C13H12N4O4S. The minimum absolute atomic E-state index is 0.154. The zero-order chi connectivity index (χ0) is 15.4. The number of carbonyl (C=O) groups excluding carboxylic acids is 1. The summed E-state index contributed by atoms with van der Waals surface area (Å²) < 4.78 is 15.5. The molecule has 0 fully saturated rings. The zero-order valence-corrected chi connectivity index (χ0v) is 12.4. The lowest BCUT2D eigenvalue weighted by Gasteiger charge is -2.00. The molecule has 0 saturated heterocycles. The Morgan fingerprint density at radius 1 is 1.41 bits per heavy atom. The quantitative estimate of drug-likeness (QED) is 0.687. The van der Waals surface area contributed by atoms with Gasteiger partial charge in [-0.25, -0.2) is 0 Å². The van der Waals surface area contributed by atoms with Crippen LogP contribution in [0.3, 0.4) is 0 Å². The van der Waals surface area contributed by atoms with Crippen molar-refractivity contribution in [3.8, 4) is 11.6 Å². The first-order valence-electron chi connectivity index (χ1n) is 6.40. The highest BCUT2D eigenvalue weighted by Crippen LogP contribution is 2.22. The van der Waals surface area contributed by atoms with E-state index >= 15 is 0 Å². The van der Waals surface area contributed by atoms with E-state index in [1.165, 1.54) is 0 Å². The van der Waals surface area contributed by atoms with Crippen molar-refractivity contribution in [1.29, 1.82) is 0 Å². The van der Waals surface area contributed by atoms with E-state index in [4.69, 9.17) is 13.4 Å². The highest BCUT2D eigenvalue weighted by Gasteiger charge is 2.14. The van der Waals surface area contributed by atoms with E-state index < -0.39 is 0 Å². The van der Waals surface area contributed by atoms with E-state index in [-0.39, 0.29) is 17.6 Å². The summed E-state index contributed by atoms with van der Waals surface area (Å²) in [6.45, 7) is 2.12. The number of nitrogens with one attached hydrogen (secondary N) is 1. The monoisotopic (exact) mass is 320 g/mol. The SMILES string of the molecule is Cc1cc(-c2nnc(SCC(=O)NCc3ccco3)o2)no1. The summed E-state index contributed by atoms with van der Waals surface area (Å²) in [4.78, 5) is 11.7. The molecule has 1 N–H and O–H groups in total. The number of carbonyl (C=O) groups is 1. The van der Waals surface area contributed by atoms with E-state index in [9.17, 15) is 4.79 Å². The molecule has 3 rings (SSSR count). The molecule has 8 nitrogen and oxygen atoms in total. The molecule has 0 aliphatic heterocycles. The molecule has 0 bridgehead atoms. The summed E-state index contributed by atoms with van der Waals surface area (Å²) >= 11 is 1.15. The van der Waals surface area contributed by atoms with Crippen LogP contribution in [0, 0.1) is 6.92 Å². The van der Waals surface area contributed by atoms with Gasteiger partial charge in [0.15, 0.2) is 5.69 Å². The second-order valence-electron chi connectivity index (χ2n) is 4.34. The fraction of sp³-hybridized carbons (Fsp3) is 0.231. The van der Waals surface area contributed by atoms with Crippen LogP contribution in [0.1, 0.15) is 11.5 Å². The van der Waals surface area contributed by atoms with Crippen molar-refractivity contribution < 1.29 is 18.2 Å². The molecule has 114 valence electrons. The summed E-state index contributed by atoms with van der Waals surface area (Å²) in [6, 6.07) is 5.25. The average molecular weight is 320 g/mol. The highest BCUT2D eigenvalue weighted by molar-refractivity contribution is 7.99. The van der Waals surface area contributed by atoms with Crippen LogP contribution in [0.5, 0.6) is 0 Å². The Balaban J connectivity index is 1.49. The minimum Gasteiger partial charge on any atom is -0.467 e. The largest absolute Gasteiger partial charge is 0.467 e. The predicted molar refractivity (Wildman–Crippen MR) is 75.8 cm³/mol. The van der Waals surface area contributed by atoms with Gasteiger partial charge in [0.05, 0.1) is 18.6 Å². The van der Waals surface area contributed by atoms with Crippen molar-refractivity contribution in [2.24, 2.45) is 0 Å². The number of amides is 1. The summed E-state index contributed by atoms with van der Waals surface area (Å²) in [5.41, 5.74) is 0.471. The summed E-state index contributed by atoms with van der Waals surface area (Å²) in [6.07, 6.45) is 1.56. The Hall–Kier alpha value is -2.55. The number of thioether (sulfide) groups is 1. The van der Waals surface area contributed by atoms with Crippen LogP contribution < -0.4 is 5.32 Å². The molecule has 22 heavy (non-hydrogen) atoms. The standard InChI is InChI=1S/C13H12N4O4S/c1-8-5-10(17-21-8)12-15-16-13(20-12)22-7-11(18)14-6-9-3-2-4-19-9/h2-5H,6-7H2,1H3,(H,14,18). The third-order valence-corrected chi connectivity index (χ3v) is 3.44. The maximum absolute atomic E-state index is 11.7. The number of furan rings is 1. The van der Waals surface area contributed by atoms with Gasteiger partial charge in [-0.2, -0.15) is 0 Å². The second kappa shape index (κ2) is 6.48. The lowest BCUT2D eigenvalue weighted by molar-refractivity contribution is -0.118. The maximum Gasteiger partial charge on any atom is 0.277 e. The third-order valence-electron chi connectivity index (χ3n) is 2.62. The van der Waals surface area contributed by atoms with Crippen LogP contribution in [-0.2, 0) is 11.3 Å². The molecule has 1 amide bonds. The molecule has 3 aromatic heterocycles. The number of hydrogen-bond donors (Lipinski definition) is 1. The van der Waals surface area contributed by atoms with Gasteiger partial charge in [-0.3, -0.25) is 4.79 Å². The van der Waals surface area contributed by atoms with Crippen LogP contribution in [0.2, 0.25) is 0 Å². The van der Waals surface area contributed by atoms with Crippen molar-refractivity contribution in [3.63, 3.8) is 0 Å². The van der Waals surface area contributed by atoms with E-state index in [0.717, 1.165) is 11.8 Å². The van der Waals surface area contributed by atoms with Crippen LogP contribution in [-0.4, -0.2) is 27.0 Å². The van der Waals surface area contributed by atoms with Gasteiger partial charge in [0.25, 0.3) is 11.1 Å². The first-order valence-corrected chi connectivity index (χ1v) is 7.38. The number of aromatic nitrogens is 3. The van der Waals surface area contributed by atoms with E-state index in [1.54, 1.807) is 31.4 Å². The van der Waals surface area contributed by atoms with E-state index in [0.29, 0.717) is 29.0 Å². The molecule has 0 radical (unpaired) electrons. The number of hydrogen-bond acceptors (Lipinski definition) is 8. The molecule has 0 aliphatic carbocycles. The molecule has 3 aromatic rings. The smallest absolute Gasteiger partial charge is 0.277 e. The Morgan fingerprint density at radius 3 is 3.05 bits per heavy atom. The molecule has 0 aromatic carbocycles. The first kappa shape index (κ1) is 14.4. The Bertz CT molecular complexity index is 750. The summed E-state index contributed by atoms with van der Waals surface area (Å²) in [7, 11) is 0. The number of rotatable bonds is 6. The van der Waals surface area contributed by atoms with Crippen molar-refractivity contribution in [2.45, 2.75) is 18.7 Å². The van der Waals surface area contributed by atoms with Gasteiger partial charge < -0.3 is 18.7 Å². The van der Waals surface area contributed by atoms with E-state index in [2.05, 4.69) is 20.7 Å². The number of nitrogens with zero attached hydrogens (tertiary/aromatic N) is 3. The molecule has 0 unspecified atom stereocenters. The molecule has 9 heteroatoms. The van der Waals surface area contributed by atoms with Gasteiger partial charge in [0.2, 0.25) is 5.91 Å². The lowest BCUT2D eigenvalue weighted by atomic mass is 10.4. The van der Waals surface area contributed by atoms with Crippen LogP contribution >= 0.6 is 11.8 Å².